The molecule has 1 N–H and O–H groups in total. The Morgan fingerprint density at radius 3 is 2.30 bits per heavy atom. The zero-order valence-electron chi connectivity index (χ0n) is 11.9. The molecular weight excluding hydrogens is 275 g/mol. The van der Waals surface area contributed by atoms with Crippen LogP contribution < -0.4 is 0 Å². The summed E-state index contributed by atoms with van der Waals surface area (Å²) in [4.78, 5) is 9.45. The number of rotatable bonds is 3. The molecule has 2 aromatic rings. The van der Waals surface area contributed by atoms with Gasteiger partial charge in [0.2, 0.25) is 0 Å². The second-order valence-corrected chi connectivity index (χ2v) is 5.74. The molecule has 1 aromatic carbocycles. The summed E-state index contributed by atoms with van der Waals surface area (Å²) >= 11 is 1.27. The number of aryl methyl sites for hydroxylation is 2. The third kappa shape index (κ3) is 2.99. The van der Waals surface area contributed by atoms with Gasteiger partial charge in [-0.25, -0.2) is 14.4 Å². The van der Waals surface area contributed by atoms with Gasteiger partial charge in [-0.2, -0.15) is 0 Å². The molecule has 1 aromatic heterocycles. The molecule has 0 aliphatic rings. The number of aliphatic hydroxyl groups excluding tert-OH is 1. The third-order valence-electron chi connectivity index (χ3n) is 3.24. The fourth-order valence-corrected chi connectivity index (χ4v) is 2.98. The van der Waals surface area contributed by atoms with Gasteiger partial charge in [0.15, 0.2) is 5.16 Å². The van der Waals surface area contributed by atoms with Gasteiger partial charge in [-0.1, -0.05) is 6.07 Å². The van der Waals surface area contributed by atoms with Gasteiger partial charge in [-0.15, -0.1) is 0 Å². The lowest BCUT2D eigenvalue weighted by atomic mass is 10.1. The molecule has 2 rings (SSSR count). The maximum atomic E-state index is 13.8. The molecule has 3 nitrogen and oxygen atoms in total. The lowest BCUT2D eigenvalue weighted by Crippen LogP contribution is -2.01. The van der Waals surface area contributed by atoms with Crippen molar-refractivity contribution in [2.75, 3.05) is 0 Å². The van der Waals surface area contributed by atoms with E-state index in [1.54, 1.807) is 19.1 Å². The number of aromatic nitrogens is 2. The number of aliphatic hydroxyl groups is 1. The SMILES string of the molecule is Cc1nc(Sc2cccc(F)c2C(C)O)nc(C)c1C. The van der Waals surface area contributed by atoms with Crippen LogP contribution in [0.5, 0.6) is 0 Å². The number of benzene rings is 1. The Labute approximate surface area is 122 Å². The van der Waals surface area contributed by atoms with Crippen LogP contribution >= 0.6 is 11.8 Å². The van der Waals surface area contributed by atoms with Gasteiger partial charge in [0.25, 0.3) is 0 Å². The molecule has 5 heteroatoms. The number of hydrogen-bond acceptors (Lipinski definition) is 4. The van der Waals surface area contributed by atoms with Crippen molar-refractivity contribution in [2.24, 2.45) is 0 Å². The largest absolute Gasteiger partial charge is 0.389 e. The van der Waals surface area contributed by atoms with E-state index in [2.05, 4.69) is 9.97 Å². The minimum atomic E-state index is -0.869. The van der Waals surface area contributed by atoms with Crippen molar-refractivity contribution < 1.29 is 9.50 Å². The Morgan fingerprint density at radius 2 is 1.75 bits per heavy atom. The van der Waals surface area contributed by atoms with Gasteiger partial charge >= 0.3 is 0 Å². The predicted molar refractivity (Wildman–Crippen MR) is 77.4 cm³/mol. The summed E-state index contributed by atoms with van der Waals surface area (Å²) < 4.78 is 13.8. The summed E-state index contributed by atoms with van der Waals surface area (Å²) in [5.74, 6) is -0.412. The van der Waals surface area contributed by atoms with Gasteiger partial charge in [-0.3, -0.25) is 0 Å². The fourth-order valence-electron chi connectivity index (χ4n) is 1.90. The van der Waals surface area contributed by atoms with E-state index in [4.69, 9.17) is 0 Å². The zero-order chi connectivity index (χ0) is 14.9. The summed E-state index contributed by atoms with van der Waals surface area (Å²) in [6.45, 7) is 7.38. The van der Waals surface area contributed by atoms with E-state index in [1.807, 2.05) is 20.8 Å². The molecule has 0 saturated carbocycles. The topological polar surface area (TPSA) is 46.0 Å². The Morgan fingerprint density at radius 1 is 1.15 bits per heavy atom. The lowest BCUT2D eigenvalue weighted by molar-refractivity contribution is 0.191. The van der Waals surface area contributed by atoms with Crippen molar-refractivity contribution in [3.05, 3.63) is 46.5 Å². The third-order valence-corrected chi connectivity index (χ3v) is 4.19. The van der Waals surface area contributed by atoms with Crippen LogP contribution in [-0.2, 0) is 0 Å². The van der Waals surface area contributed by atoms with Crippen LogP contribution in [0.4, 0.5) is 4.39 Å². The zero-order valence-corrected chi connectivity index (χ0v) is 12.8. The van der Waals surface area contributed by atoms with Crippen LogP contribution in [0.25, 0.3) is 0 Å². The summed E-state index contributed by atoms with van der Waals surface area (Å²) in [6, 6.07) is 4.74. The summed E-state index contributed by atoms with van der Waals surface area (Å²) in [5, 5.41) is 10.3. The first kappa shape index (κ1) is 14.9. The number of hydrogen-bond donors (Lipinski definition) is 1. The molecular formula is C15H17FN2OS. The van der Waals surface area contributed by atoms with E-state index in [-0.39, 0.29) is 5.56 Å². The predicted octanol–water partition coefficient (Wildman–Crippen LogP) is 3.75. The van der Waals surface area contributed by atoms with E-state index >= 15 is 0 Å². The number of halogens is 1. The number of nitrogens with zero attached hydrogens (tertiary/aromatic N) is 2. The highest BCUT2D eigenvalue weighted by molar-refractivity contribution is 7.99. The highest BCUT2D eigenvalue weighted by Gasteiger charge is 2.16. The molecule has 1 heterocycles. The summed E-state index contributed by atoms with van der Waals surface area (Å²) in [5.41, 5.74) is 3.17. The van der Waals surface area contributed by atoms with Gasteiger partial charge in [0, 0.05) is 21.8 Å². The Bertz CT molecular complexity index is 621. The lowest BCUT2D eigenvalue weighted by Gasteiger charge is -2.13. The van der Waals surface area contributed by atoms with E-state index in [0.717, 1.165) is 17.0 Å². The molecule has 0 radical (unpaired) electrons. The normalized spacial score (nSPS) is 12.5. The van der Waals surface area contributed by atoms with Crippen molar-refractivity contribution in [3.8, 4) is 0 Å². The fraction of sp³-hybridized carbons (Fsp3) is 0.333. The van der Waals surface area contributed by atoms with Crippen molar-refractivity contribution in [1.82, 2.24) is 9.97 Å². The van der Waals surface area contributed by atoms with E-state index in [9.17, 15) is 9.50 Å². The molecule has 0 aliphatic heterocycles. The molecule has 20 heavy (non-hydrogen) atoms. The monoisotopic (exact) mass is 292 g/mol. The van der Waals surface area contributed by atoms with Gasteiger partial charge < -0.3 is 5.11 Å². The van der Waals surface area contributed by atoms with Crippen LogP contribution in [-0.4, -0.2) is 15.1 Å². The highest BCUT2D eigenvalue weighted by Crippen LogP contribution is 2.33. The Hall–Kier alpha value is -1.46. The summed E-state index contributed by atoms with van der Waals surface area (Å²) in [7, 11) is 0. The first-order valence-corrected chi connectivity index (χ1v) is 7.18. The molecule has 0 amide bonds. The second kappa shape index (κ2) is 5.89. The molecule has 0 saturated heterocycles. The molecule has 0 spiro atoms. The molecule has 0 aliphatic carbocycles. The van der Waals surface area contributed by atoms with Gasteiger partial charge in [0.05, 0.1) is 6.10 Å². The smallest absolute Gasteiger partial charge is 0.192 e. The molecule has 0 fully saturated rings. The van der Waals surface area contributed by atoms with Crippen LogP contribution in [0.15, 0.2) is 28.3 Å². The van der Waals surface area contributed by atoms with Crippen LogP contribution in [0, 0.1) is 26.6 Å². The van der Waals surface area contributed by atoms with Crippen LogP contribution in [0.1, 0.15) is 35.5 Å². The standard InChI is InChI=1S/C15H17FN2OS/c1-8-9(2)17-15(18-10(8)3)20-13-7-5-6-12(16)14(13)11(4)19/h5-7,11,19H,1-4H3. The average Bonchev–Trinajstić information content (AvgIpc) is 2.35. The molecule has 0 bridgehead atoms. The summed E-state index contributed by atoms with van der Waals surface area (Å²) in [6.07, 6.45) is -0.869. The van der Waals surface area contributed by atoms with Crippen LogP contribution in [0.3, 0.4) is 0 Å². The second-order valence-electron chi connectivity index (χ2n) is 4.73. The van der Waals surface area contributed by atoms with Crippen LogP contribution in [0.2, 0.25) is 0 Å². The van der Waals surface area contributed by atoms with Gasteiger partial charge in [-0.05, 0) is 57.2 Å². The first-order chi connectivity index (χ1) is 9.40. The highest BCUT2D eigenvalue weighted by atomic mass is 32.2. The van der Waals surface area contributed by atoms with Crippen molar-refractivity contribution in [1.29, 1.82) is 0 Å². The Balaban J connectivity index is 2.43. The van der Waals surface area contributed by atoms with Crippen molar-refractivity contribution in [2.45, 2.75) is 43.9 Å². The molecule has 106 valence electrons. The van der Waals surface area contributed by atoms with E-state index < -0.39 is 11.9 Å². The minimum absolute atomic E-state index is 0.289. The van der Waals surface area contributed by atoms with Crippen molar-refractivity contribution in [3.63, 3.8) is 0 Å². The quantitative estimate of drug-likeness (QED) is 0.875. The van der Waals surface area contributed by atoms with Crippen molar-refractivity contribution >= 4 is 11.8 Å². The van der Waals surface area contributed by atoms with E-state index in [1.165, 1.54) is 17.8 Å². The average molecular weight is 292 g/mol. The Kier molecular flexibility index (Phi) is 4.40. The maximum Gasteiger partial charge on any atom is 0.192 e. The van der Waals surface area contributed by atoms with Gasteiger partial charge in [0.1, 0.15) is 5.82 Å². The van der Waals surface area contributed by atoms with E-state index in [0.29, 0.717) is 10.1 Å². The molecule has 1 atom stereocenters. The molecule has 1 unspecified atom stereocenters. The maximum absolute atomic E-state index is 13.8. The first-order valence-electron chi connectivity index (χ1n) is 6.36. The minimum Gasteiger partial charge on any atom is -0.389 e.